The van der Waals surface area contributed by atoms with Crippen LogP contribution in [0.1, 0.15) is 51.9 Å². The lowest BCUT2D eigenvalue weighted by atomic mass is 9.78. The van der Waals surface area contributed by atoms with Gasteiger partial charge in [-0.05, 0) is 31.6 Å². The molecule has 2 nitrogen and oxygen atoms in total. The Hall–Kier alpha value is 0.01000. The van der Waals surface area contributed by atoms with Gasteiger partial charge in [-0.15, -0.1) is 0 Å². The predicted octanol–water partition coefficient (Wildman–Crippen LogP) is 4.25. The number of hydrogen-bond donors (Lipinski definition) is 1. The van der Waals surface area contributed by atoms with E-state index in [-0.39, 0.29) is 0 Å². The molecule has 2 aliphatic rings. The van der Waals surface area contributed by atoms with Crippen molar-refractivity contribution in [3.8, 4) is 0 Å². The van der Waals surface area contributed by atoms with Crippen LogP contribution in [0.25, 0.3) is 0 Å². The summed E-state index contributed by atoms with van der Waals surface area (Å²) in [7, 11) is 0. The molecule has 0 radical (unpaired) electrons. The van der Waals surface area contributed by atoms with Crippen molar-refractivity contribution in [2.24, 2.45) is 11.8 Å². The molecule has 0 N–H and O–H groups in total. The second-order valence-electron chi connectivity index (χ2n) is 6.14. The fourth-order valence-corrected chi connectivity index (χ4v) is 3.76. The molecule has 116 valence electrons. The van der Waals surface area contributed by atoms with Gasteiger partial charge in [-0.2, -0.15) is 12.6 Å². The maximum Gasteiger partial charge on any atom is 0.0633 e. The second-order valence-corrected chi connectivity index (χ2v) is 6.51. The van der Waals surface area contributed by atoms with E-state index < -0.39 is 0 Å². The monoisotopic (exact) mass is 298 g/mol. The Labute approximate surface area is 129 Å². The Kier molecular flexibility index (Phi) is 7.47. The SMILES string of the molecule is CCCCCCOC[C@H]1[C@@H](C/C=C\CS)[C@H]2CC[C@@H]1O2. The Morgan fingerprint density at radius 3 is 2.65 bits per heavy atom. The molecule has 0 aliphatic carbocycles. The van der Waals surface area contributed by atoms with Gasteiger partial charge in [-0.3, -0.25) is 0 Å². The molecule has 2 fully saturated rings. The summed E-state index contributed by atoms with van der Waals surface area (Å²) in [4.78, 5) is 0. The maximum atomic E-state index is 6.09. The number of allylic oxidation sites excluding steroid dienone is 1. The summed E-state index contributed by atoms with van der Waals surface area (Å²) in [5, 5.41) is 0. The normalized spacial score (nSPS) is 32.5. The molecule has 2 aliphatic heterocycles. The number of rotatable bonds is 10. The lowest BCUT2D eigenvalue weighted by molar-refractivity contribution is 0.0478. The molecule has 4 atom stereocenters. The lowest BCUT2D eigenvalue weighted by Gasteiger charge is -2.27. The first kappa shape index (κ1) is 16.4. The Morgan fingerprint density at radius 1 is 1.10 bits per heavy atom. The third-order valence-electron chi connectivity index (χ3n) is 4.72. The van der Waals surface area contributed by atoms with E-state index in [1.54, 1.807) is 0 Å². The van der Waals surface area contributed by atoms with E-state index >= 15 is 0 Å². The highest BCUT2D eigenvalue weighted by Gasteiger charge is 2.47. The molecule has 0 aromatic rings. The third-order valence-corrected chi connectivity index (χ3v) is 4.93. The molecule has 0 saturated carbocycles. The highest BCUT2D eigenvalue weighted by molar-refractivity contribution is 7.80. The first-order valence-electron chi connectivity index (χ1n) is 8.35. The summed E-state index contributed by atoms with van der Waals surface area (Å²) in [5.41, 5.74) is 0. The van der Waals surface area contributed by atoms with E-state index in [2.05, 4.69) is 31.7 Å². The van der Waals surface area contributed by atoms with Crippen molar-refractivity contribution in [3.05, 3.63) is 12.2 Å². The molecule has 0 aromatic carbocycles. The van der Waals surface area contributed by atoms with Crippen LogP contribution in [0.5, 0.6) is 0 Å². The number of unbranched alkanes of at least 4 members (excludes halogenated alkanes) is 3. The van der Waals surface area contributed by atoms with Gasteiger partial charge in [-0.25, -0.2) is 0 Å². The molecule has 2 rings (SSSR count). The zero-order valence-corrected chi connectivity index (χ0v) is 13.7. The minimum atomic E-state index is 0.463. The average molecular weight is 298 g/mol. The summed E-state index contributed by atoms with van der Waals surface area (Å²) in [6.07, 6.45) is 14.1. The van der Waals surface area contributed by atoms with Crippen LogP contribution in [0.3, 0.4) is 0 Å². The van der Waals surface area contributed by atoms with Crippen molar-refractivity contribution < 1.29 is 9.47 Å². The first-order chi connectivity index (χ1) is 9.86. The van der Waals surface area contributed by atoms with E-state index in [1.165, 1.54) is 38.5 Å². The van der Waals surface area contributed by atoms with Gasteiger partial charge in [0.15, 0.2) is 0 Å². The number of ether oxygens (including phenoxy) is 2. The van der Waals surface area contributed by atoms with Crippen LogP contribution in [-0.4, -0.2) is 31.2 Å². The van der Waals surface area contributed by atoms with Crippen LogP contribution in [0, 0.1) is 11.8 Å². The van der Waals surface area contributed by atoms with Gasteiger partial charge in [0.25, 0.3) is 0 Å². The largest absolute Gasteiger partial charge is 0.381 e. The van der Waals surface area contributed by atoms with Crippen molar-refractivity contribution >= 4 is 12.6 Å². The number of hydrogen-bond acceptors (Lipinski definition) is 3. The van der Waals surface area contributed by atoms with Crippen LogP contribution < -0.4 is 0 Å². The van der Waals surface area contributed by atoms with Gasteiger partial charge in [0.1, 0.15) is 0 Å². The first-order valence-corrected chi connectivity index (χ1v) is 8.99. The summed E-state index contributed by atoms with van der Waals surface area (Å²) < 4.78 is 12.0. The van der Waals surface area contributed by atoms with Crippen LogP contribution >= 0.6 is 12.6 Å². The van der Waals surface area contributed by atoms with Crippen molar-refractivity contribution in [1.29, 1.82) is 0 Å². The molecule has 0 amide bonds. The van der Waals surface area contributed by atoms with Crippen molar-refractivity contribution in [3.63, 3.8) is 0 Å². The van der Waals surface area contributed by atoms with Crippen molar-refractivity contribution in [2.45, 2.75) is 64.1 Å². The minimum absolute atomic E-state index is 0.463. The summed E-state index contributed by atoms with van der Waals surface area (Å²) in [6, 6.07) is 0. The number of fused-ring (bicyclic) bond motifs is 2. The molecule has 2 saturated heterocycles. The van der Waals surface area contributed by atoms with E-state index in [9.17, 15) is 0 Å². The molecule has 3 heteroatoms. The van der Waals surface area contributed by atoms with Gasteiger partial charge >= 0.3 is 0 Å². The van der Waals surface area contributed by atoms with E-state index in [4.69, 9.17) is 9.47 Å². The molecule has 2 heterocycles. The predicted molar refractivity (Wildman–Crippen MR) is 87.4 cm³/mol. The molecule has 20 heavy (non-hydrogen) atoms. The van der Waals surface area contributed by atoms with Crippen molar-refractivity contribution in [2.75, 3.05) is 19.0 Å². The fourth-order valence-electron chi connectivity index (χ4n) is 3.61. The summed E-state index contributed by atoms with van der Waals surface area (Å²) >= 11 is 4.23. The highest BCUT2D eigenvalue weighted by atomic mass is 32.1. The Balaban J connectivity index is 1.69. The second kappa shape index (κ2) is 9.11. The average Bonchev–Trinajstić information content (AvgIpc) is 3.05. The van der Waals surface area contributed by atoms with Gasteiger partial charge in [0.05, 0.1) is 18.8 Å². The van der Waals surface area contributed by atoms with E-state index in [1.807, 2.05) is 0 Å². The summed E-state index contributed by atoms with van der Waals surface area (Å²) in [6.45, 7) is 4.07. The van der Waals surface area contributed by atoms with Gasteiger partial charge in [0, 0.05) is 18.3 Å². The zero-order valence-electron chi connectivity index (χ0n) is 12.8. The molecular weight excluding hydrogens is 268 g/mol. The third kappa shape index (κ3) is 4.51. The van der Waals surface area contributed by atoms with Gasteiger partial charge in [-0.1, -0.05) is 38.3 Å². The van der Waals surface area contributed by atoms with Gasteiger partial charge < -0.3 is 9.47 Å². The molecule has 0 unspecified atom stereocenters. The smallest absolute Gasteiger partial charge is 0.0633 e. The standard InChI is InChI=1S/C17H30O2S/c1-2-3-4-6-11-18-13-15-14(8-5-7-12-20)16-9-10-17(15)19-16/h5,7,14-17,20H,2-4,6,8-13H2,1H3/b7-5-/t14-,15+,16-,17+/m1/s1. The quantitative estimate of drug-likeness (QED) is 0.369. The maximum absolute atomic E-state index is 6.09. The van der Waals surface area contributed by atoms with Crippen LogP contribution in [0.15, 0.2) is 12.2 Å². The molecular formula is C17H30O2S. The highest BCUT2D eigenvalue weighted by Crippen LogP contribution is 2.45. The Bertz CT molecular complexity index is 293. The van der Waals surface area contributed by atoms with E-state index in [0.717, 1.165) is 25.4 Å². The lowest BCUT2D eigenvalue weighted by Crippen LogP contribution is -2.30. The van der Waals surface area contributed by atoms with Gasteiger partial charge in [0.2, 0.25) is 0 Å². The topological polar surface area (TPSA) is 18.5 Å². The van der Waals surface area contributed by atoms with E-state index in [0.29, 0.717) is 24.0 Å². The Morgan fingerprint density at radius 2 is 1.90 bits per heavy atom. The number of thiol groups is 1. The molecule has 0 spiro atoms. The van der Waals surface area contributed by atoms with Crippen LogP contribution in [-0.2, 0) is 9.47 Å². The molecule has 2 bridgehead atoms. The molecule has 0 aromatic heterocycles. The van der Waals surface area contributed by atoms with Crippen LogP contribution in [0.2, 0.25) is 0 Å². The summed E-state index contributed by atoms with van der Waals surface area (Å²) in [5.74, 6) is 2.12. The van der Waals surface area contributed by atoms with Crippen molar-refractivity contribution in [1.82, 2.24) is 0 Å². The van der Waals surface area contributed by atoms with Crippen LogP contribution in [0.4, 0.5) is 0 Å². The fraction of sp³-hybridized carbons (Fsp3) is 0.882. The minimum Gasteiger partial charge on any atom is -0.381 e. The zero-order chi connectivity index (χ0) is 14.2.